The summed E-state index contributed by atoms with van der Waals surface area (Å²) >= 11 is 0. The van der Waals surface area contributed by atoms with Gasteiger partial charge in [-0.05, 0) is 42.3 Å². The molecule has 0 saturated heterocycles. The van der Waals surface area contributed by atoms with Crippen molar-refractivity contribution in [3.05, 3.63) is 64.9 Å². The zero-order valence-electron chi connectivity index (χ0n) is 16.3. The Morgan fingerprint density at radius 1 is 1.10 bits per heavy atom. The van der Waals surface area contributed by atoms with Crippen molar-refractivity contribution in [2.24, 2.45) is 0 Å². The molecule has 2 aromatic carbocycles. The third kappa shape index (κ3) is 4.43. The second kappa shape index (κ2) is 8.55. The molecule has 152 valence electrons. The van der Waals surface area contributed by atoms with Gasteiger partial charge >= 0.3 is 12.0 Å². The summed E-state index contributed by atoms with van der Waals surface area (Å²) in [5.41, 5.74) is 2.04. The molecule has 1 heterocycles. The zero-order valence-corrected chi connectivity index (χ0v) is 16.3. The third-order valence-electron chi connectivity index (χ3n) is 4.56. The lowest BCUT2D eigenvalue weighted by Gasteiger charge is -2.28. The number of ether oxygens (including phenoxy) is 3. The molecule has 0 radical (unpaired) electrons. The van der Waals surface area contributed by atoms with Crippen molar-refractivity contribution in [2.75, 3.05) is 14.2 Å². The van der Waals surface area contributed by atoms with Crippen LogP contribution in [0.4, 0.5) is 4.79 Å². The first-order valence-corrected chi connectivity index (χ1v) is 8.88. The number of aromatic hydroxyl groups is 1. The van der Waals surface area contributed by atoms with Gasteiger partial charge in [-0.3, -0.25) is 0 Å². The van der Waals surface area contributed by atoms with Gasteiger partial charge in [-0.2, -0.15) is 0 Å². The van der Waals surface area contributed by atoms with Gasteiger partial charge in [0.25, 0.3) is 0 Å². The first-order valence-electron chi connectivity index (χ1n) is 8.88. The summed E-state index contributed by atoms with van der Waals surface area (Å²) in [7, 11) is 3.00. The molecule has 8 heteroatoms. The van der Waals surface area contributed by atoms with Crippen molar-refractivity contribution in [1.29, 1.82) is 0 Å². The number of rotatable bonds is 6. The summed E-state index contributed by atoms with van der Waals surface area (Å²) < 4.78 is 15.7. The van der Waals surface area contributed by atoms with E-state index in [2.05, 4.69) is 10.6 Å². The molecule has 29 heavy (non-hydrogen) atoms. The molecular weight excluding hydrogens is 376 g/mol. The number of nitrogens with one attached hydrogen (secondary N) is 2. The second-order valence-corrected chi connectivity index (χ2v) is 6.43. The first-order chi connectivity index (χ1) is 13.9. The monoisotopic (exact) mass is 398 g/mol. The van der Waals surface area contributed by atoms with Crippen LogP contribution >= 0.6 is 0 Å². The van der Waals surface area contributed by atoms with Crippen LogP contribution in [-0.2, 0) is 16.1 Å². The number of carbonyl (C=O) groups is 2. The number of esters is 1. The van der Waals surface area contributed by atoms with E-state index >= 15 is 0 Å². The molecule has 3 rings (SSSR count). The van der Waals surface area contributed by atoms with E-state index in [0.29, 0.717) is 17.0 Å². The lowest BCUT2D eigenvalue weighted by Crippen LogP contribution is -2.45. The Labute approximate surface area is 168 Å². The minimum atomic E-state index is -0.749. The van der Waals surface area contributed by atoms with Crippen molar-refractivity contribution in [2.45, 2.75) is 19.6 Å². The van der Waals surface area contributed by atoms with Crippen LogP contribution in [0.2, 0.25) is 0 Å². The van der Waals surface area contributed by atoms with Crippen LogP contribution in [0.5, 0.6) is 17.2 Å². The van der Waals surface area contributed by atoms with E-state index in [1.165, 1.54) is 13.2 Å². The SMILES string of the molecule is COc1ccc(COC(=O)C2=C(C)NC(=O)N[C@@H]2c2ccc(O)c(OC)c2)cc1. The Morgan fingerprint density at radius 3 is 2.48 bits per heavy atom. The standard InChI is InChI=1S/C21H22N2O6/c1-12-18(20(25)29-11-13-4-7-15(27-2)8-5-13)19(23-21(26)22-12)14-6-9-16(24)17(10-14)28-3/h4-10,19,24H,11H2,1-3H3,(H2,22,23,26)/t19-/m1/s1. The molecule has 1 atom stereocenters. The van der Waals surface area contributed by atoms with Crippen LogP contribution in [0.3, 0.4) is 0 Å². The van der Waals surface area contributed by atoms with Gasteiger partial charge in [0, 0.05) is 5.70 Å². The number of carbonyl (C=O) groups excluding carboxylic acids is 2. The van der Waals surface area contributed by atoms with Crippen molar-refractivity contribution >= 4 is 12.0 Å². The van der Waals surface area contributed by atoms with Gasteiger partial charge in [0.15, 0.2) is 11.5 Å². The normalized spacial score (nSPS) is 16.0. The van der Waals surface area contributed by atoms with E-state index in [1.807, 2.05) is 0 Å². The van der Waals surface area contributed by atoms with E-state index in [1.54, 1.807) is 50.4 Å². The predicted molar refractivity (Wildman–Crippen MR) is 105 cm³/mol. The molecule has 2 amide bonds. The number of methoxy groups -OCH3 is 2. The lowest BCUT2D eigenvalue weighted by molar-refractivity contribution is -0.140. The number of phenolic OH excluding ortho intramolecular Hbond substituents is 1. The van der Waals surface area contributed by atoms with Gasteiger partial charge < -0.3 is 30.0 Å². The molecule has 0 aliphatic carbocycles. The summed E-state index contributed by atoms with van der Waals surface area (Å²) in [4.78, 5) is 24.8. The number of benzene rings is 2. The number of urea groups is 1. The van der Waals surface area contributed by atoms with Crippen LogP contribution in [0, 0.1) is 0 Å². The molecule has 8 nitrogen and oxygen atoms in total. The largest absolute Gasteiger partial charge is 0.504 e. The fourth-order valence-corrected chi connectivity index (χ4v) is 3.04. The van der Waals surface area contributed by atoms with E-state index in [4.69, 9.17) is 14.2 Å². The maximum absolute atomic E-state index is 12.8. The number of hydrogen-bond acceptors (Lipinski definition) is 6. The van der Waals surface area contributed by atoms with Crippen LogP contribution in [0.1, 0.15) is 24.1 Å². The minimum absolute atomic E-state index is 0.0409. The highest BCUT2D eigenvalue weighted by atomic mass is 16.5. The molecule has 0 aromatic heterocycles. The average molecular weight is 398 g/mol. The van der Waals surface area contributed by atoms with Crippen molar-refractivity contribution in [1.82, 2.24) is 10.6 Å². The number of phenols is 1. The summed E-state index contributed by atoms with van der Waals surface area (Å²) in [6.45, 7) is 1.70. The fraction of sp³-hybridized carbons (Fsp3) is 0.238. The van der Waals surface area contributed by atoms with E-state index in [0.717, 1.165) is 5.56 Å². The van der Waals surface area contributed by atoms with Gasteiger partial charge in [0.1, 0.15) is 12.4 Å². The summed E-state index contributed by atoms with van der Waals surface area (Å²) in [6.07, 6.45) is 0. The molecule has 2 aromatic rings. The zero-order chi connectivity index (χ0) is 21.0. The summed E-state index contributed by atoms with van der Waals surface area (Å²) in [5.74, 6) is 0.335. The smallest absolute Gasteiger partial charge is 0.338 e. The first kappa shape index (κ1) is 20.1. The summed E-state index contributed by atoms with van der Waals surface area (Å²) in [6, 6.07) is 10.6. The maximum Gasteiger partial charge on any atom is 0.338 e. The molecule has 3 N–H and O–H groups in total. The maximum atomic E-state index is 12.8. The second-order valence-electron chi connectivity index (χ2n) is 6.43. The fourth-order valence-electron chi connectivity index (χ4n) is 3.04. The highest BCUT2D eigenvalue weighted by Gasteiger charge is 2.32. The number of allylic oxidation sites excluding steroid dienone is 1. The average Bonchev–Trinajstić information content (AvgIpc) is 2.72. The highest BCUT2D eigenvalue weighted by Crippen LogP contribution is 2.33. The van der Waals surface area contributed by atoms with E-state index in [9.17, 15) is 14.7 Å². The molecule has 0 bridgehead atoms. The Kier molecular flexibility index (Phi) is 5.92. The number of amides is 2. The highest BCUT2D eigenvalue weighted by molar-refractivity contribution is 5.95. The predicted octanol–water partition coefficient (Wildman–Crippen LogP) is 2.78. The topological polar surface area (TPSA) is 106 Å². The van der Waals surface area contributed by atoms with Crippen LogP contribution < -0.4 is 20.1 Å². The summed E-state index contributed by atoms with van der Waals surface area (Å²) in [5, 5.41) is 15.1. The molecule has 0 unspecified atom stereocenters. The number of hydrogen-bond donors (Lipinski definition) is 3. The van der Waals surface area contributed by atoms with Gasteiger partial charge in [-0.25, -0.2) is 9.59 Å². The van der Waals surface area contributed by atoms with Gasteiger partial charge in [0.05, 0.1) is 25.8 Å². The van der Waals surface area contributed by atoms with Gasteiger partial charge in [0.2, 0.25) is 0 Å². The Bertz CT molecular complexity index is 952. The van der Waals surface area contributed by atoms with Crippen molar-refractivity contribution in [3.63, 3.8) is 0 Å². The van der Waals surface area contributed by atoms with Gasteiger partial charge in [-0.15, -0.1) is 0 Å². The lowest BCUT2D eigenvalue weighted by atomic mass is 9.95. The van der Waals surface area contributed by atoms with Gasteiger partial charge in [-0.1, -0.05) is 18.2 Å². The quantitative estimate of drug-likeness (QED) is 0.646. The molecule has 0 saturated carbocycles. The van der Waals surface area contributed by atoms with Crippen LogP contribution in [0.25, 0.3) is 0 Å². The molecular formula is C21H22N2O6. The Hall–Kier alpha value is -3.68. The minimum Gasteiger partial charge on any atom is -0.504 e. The van der Waals surface area contributed by atoms with Crippen molar-refractivity contribution < 1.29 is 28.9 Å². The van der Waals surface area contributed by atoms with E-state index in [-0.39, 0.29) is 23.7 Å². The Balaban J connectivity index is 1.84. The van der Waals surface area contributed by atoms with E-state index < -0.39 is 18.0 Å². The molecule has 0 fully saturated rings. The van der Waals surface area contributed by atoms with Crippen LogP contribution in [0.15, 0.2) is 53.7 Å². The molecule has 1 aliphatic rings. The Morgan fingerprint density at radius 2 is 1.83 bits per heavy atom. The van der Waals surface area contributed by atoms with Crippen LogP contribution in [-0.4, -0.2) is 31.3 Å². The molecule has 1 aliphatic heterocycles. The molecule has 0 spiro atoms. The van der Waals surface area contributed by atoms with Crippen molar-refractivity contribution in [3.8, 4) is 17.2 Å². The third-order valence-corrected chi connectivity index (χ3v) is 4.56.